The van der Waals surface area contributed by atoms with Gasteiger partial charge in [-0.05, 0) is 161 Å². The van der Waals surface area contributed by atoms with Crippen LogP contribution in [-0.4, -0.2) is 96.7 Å². The Morgan fingerprint density at radius 1 is 0.264 bits per heavy atom. The largest absolute Gasteiger partial charge is 0.472 e. The van der Waals surface area contributed by atoms with Crippen molar-refractivity contribution in [3.05, 3.63) is 243 Å². The minimum atomic E-state index is -5.04. The zero-order chi connectivity index (χ0) is 80.3. The lowest BCUT2D eigenvalue weighted by molar-refractivity contribution is -0.161. The van der Waals surface area contributed by atoms with Crippen LogP contribution in [0.3, 0.4) is 0 Å². The molecule has 0 aliphatic carbocycles. The van der Waals surface area contributed by atoms with Gasteiger partial charge in [0.2, 0.25) is 0 Å². The van der Waals surface area contributed by atoms with Gasteiger partial charge in [0, 0.05) is 19.3 Å². The Morgan fingerprint density at radius 2 is 0.500 bits per heavy atom. The minimum absolute atomic E-state index is 0.00651. The van der Waals surface area contributed by atoms with Gasteiger partial charge in [-0.15, -0.1) is 0 Å². The second-order valence-electron chi connectivity index (χ2n) is 25.5. The Morgan fingerprint density at radius 3 is 0.818 bits per heavy atom. The molecule has 0 spiro atoms. The average Bonchev–Trinajstić information content (AvgIpc) is 0.900. The van der Waals surface area contributed by atoms with Crippen LogP contribution in [0.2, 0.25) is 0 Å². The summed E-state index contributed by atoms with van der Waals surface area (Å²) in [6.45, 7) is 4.07. The molecule has 3 N–H and O–H groups in total. The Labute approximate surface area is 663 Å². The SMILES string of the molecule is CC/C=C\C/C=C\C/C=C\C/C=C\C/C=C\C/C=C\CCC(=O)OCC(COP(=O)(O)OCC(O)COP(=O)(O)OCC(COC(=O)CCCCCCCCC/C=C\C/C=C\C/C=C\CC)OC(=O)C/C=C\C/C=C\C/C=C\C/C=C\C/C=C\CC)OC(=O)CC/C=C\C/C=C\C/C=C\C/C=C\C/C=C\C/C=C\CC. The van der Waals surface area contributed by atoms with Crippen molar-refractivity contribution >= 4 is 39.5 Å². The van der Waals surface area contributed by atoms with E-state index in [9.17, 15) is 43.2 Å². The lowest BCUT2D eigenvalue weighted by Crippen LogP contribution is -2.30. The number of esters is 4. The minimum Gasteiger partial charge on any atom is -0.462 e. The van der Waals surface area contributed by atoms with E-state index in [1.54, 1.807) is 12.2 Å². The zero-order valence-electron chi connectivity index (χ0n) is 67.1. The highest BCUT2D eigenvalue weighted by atomic mass is 31.2. The molecule has 0 aromatic rings. The van der Waals surface area contributed by atoms with E-state index in [4.69, 9.17) is 37.0 Å². The van der Waals surface area contributed by atoms with Crippen molar-refractivity contribution in [2.75, 3.05) is 39.6 Å². The second kappa shape index (κ2) is 79.9. The van der Waals surface area contributed by atoms with Crippen molar-refractivity contribution in [1.82, 2.24) is 0 Å². The number of hydrogen-bond donors (Lipinski definition) is 3. The topological polar surface area (TPSA) is 237 Å². The lowest BCUT2D eigenvalue weighted by atomic mass is 10.1. The van der Waals surface area contributed by atoms with Gasteiger partial charge in [0.15, 0.2) is 12.2 Å². The Kier molecular flexibility index (Phi) is 74.7. The van der Waals surface area contributed by atoms with Gasteiger partial charge in [-0.25, -0.2) is 9.13 Å². The van der Waals surface area contributed by atoms with Gasteiger partial charge in [-0.2, -0.15) is 0 Å². The summed E-state index contributed by atoms with van der Waals surface area (Å²) < 4.78 is 68.3. The van der Waals surface area contributed by atoms with Crippen molar-refractivity contribution in [2.45, 2.75) is 264 Å². The molecule has 0 aliphatic heterocycles. The van der Waals surface area contributed by atoms with E-state index in [2.05, 4.69) is 210 Å². The fourth-order valence-electron chi connectivity index (χ4n) is 9.42. The molecule has 0 fully saturated rings. The molecule has 0 saturated carbocycles. The summed E-state index contributed by atoms with van der Waals surface area (Å²) in [7, 11) is -10.1. The number of rotatable bonds is 72. The number of ether oxygens (including phenoxy) is 4. The number of carbonyl (C=O) groups excluding carboxylic acids is 4. The van der Waals surface area contributed by atoms with Crippen molar-refractivity contribution in [1.29, 1.82) is 0 Å². The van der Waals surface area contributed by atoms with E-state index in [1.807, 2.05) is 48.6 Å². The molecule has 5 unspecified atom stereocenters. The molecule has 0 amide bonds. The average molecular weight is 1570 g/mol. The van der Waals surface area contributed by atoms with Crippen molar-refractivity contribution in [3.63, 3.8) is 0 Å². The van der Waals surface area contributed by atoms with Crippen LogP contribution in [0.4, 0.5) is 0 Å². The predicted octanol–water partition coefficient (Wildman–Crippen LogP) is 24.0. The van der Waals surface area contributed by atoms with Crippen molar-refractivity contribution in [2.24, 2.45) is 0 Å². The van der Waals surface area contributed by atoms with Crippen LogP contribution < -0.4 is 0 Å². The maximum atomic E-state index is 13.1. The fraction of sp³-hybridized carbons (Fsp3) is 0.516. The molecule has 17 nitrogen and oxygen atoms in total. The maximum absolute atomic E-state index is 13.1. The number of aliphatic hydroxyl groups is 1. The third-order valence-electron chi connectivity index (χ3n) is 15.4. The summed E-state index contributed by atoms with van der Waals surface area (Å²) in [6, 6.07) is 0. The van der Waals surface area contributed by atoms with Crippen LogP contribution in [0.5, 0.6) is 0 Å². The Balaban J connectivity index is 5.62. The lowest BCUT2D eigenvalue weighted by Gasteiger charge is -2.21. The standard InChI is InChI=1S/C91H138O17P2/c1-5-9-13-17-21-25-29-33-37-40-42-45-49-52-56-60-64-68-72-76-89(94)102-82-87(108-91(96)78-74-70-66-62-58-54-50-46-43-41-38-34-30-26-22-18-14-10-6-2)84-106-110(99,100)104-80-85(92)79-103-109(97,98)105-83-86(107-90(95)77-73-69-65-61-57-53-47-36-32-28-24-20-16-12-8-4)81-101-88(93)75-71-67-63-59-55-51-48-44-39-35-31-27-23-19-15-11-7-3/h9-16,21-28,33-39,42-43,45-47,52,54,56-58,61,64,66,68-70,73,85-87,92H,5-8,17-20,29-32,40-41,44,48-51,53,55,59-60,62-63,65,67,71-72,74-84H2,1-4H3,(H,97,98)(H,99,100)/b13-9-,14-10-,15-11-,16-12-,25-21-,26-22-,27-23-,28-24-,37-33-,38-34-,39-35-,45-42-,46-43-,47-36-,56-52-,58-54-,61-57-,68-64-,70-66-,73-69-. The van der Waals surface area contributed by atoms with Gasteiger partial charge in [0.05, 0.1) is 32.8 Å². The summed E-state index contributed by atoms with van der Waals surface area (Å²) in [5.74, 6) is -2.57. The molecule has 110 heavy (non-hydrogen) atoms. The highest BCUT2D eigenvalue weighted by Gasteiger charge is 2.30. The van der Waals surface area contributed by atoms with Crippen LogP contribution in [-0.2, 0) is 65.4 Å². The molecule has 614 valence electrons. The first kappa shape index (κ1) is 103. The van der Waals surface area contributed by atoms with E-state index in [-0.39, 0.29) is 25.7 Å². The first-order chi connectivity index (χ1) is 53.7. The van der Waals surface area contributed by atoms with Gasteiger partial charge >= 0.3 is 39.5 Å². The monoisotopic (exact) mass is 1560 g/mol. The first-order valence-corrected chi connectivity index (χ1v) is 43.3. The predicted molar refractivity (Wildman–Crippen MR) is 454 cm³/mol. The fourth-order valence-corrected chi connectivity index (χ4v) is 11.0. The quantitative estimate of drug-likeness (QED) is 0.0169. The molecular weight excluding hydrogens is 1430 g/mol. The van der Waals surface area contributed by atoms with Gasteiger partial charge in [0.25, 0.3) is 0 Å². The second-order valence-corrected chi connectivity index (χ2v) is 28.4. The van der Waals surface area contributed by atoms with Crippen LogP contribution in [0.25, 0.3) is 0 Å². The molecule has 0 aromatic carbocycles. The normalized spacial score (nSPS) is 15.1. The van der Waals surface area contributed by atoms with Gasteiger partial charge < -0.3 is 33.8 Å². The molecule has 5 atom stereocenters. The third-order valence-corrected chi connectivity index (χ3v) is 17.3. The van der Waals surface area contributed by atoms with Crippen molar-refractivity contribution in [3.8, 4) is 0 Å². The number of unbranched alkanes of at least 4 members (excludes halogenated alkanes) is 7. The Bertz CT molecular complexity index is 3050. The molecular formula is C91H138O17P2. The summed E-state index contributed by atoms with van der Waals surface area (Å²) in [4.78, 5) is 73.0. The van der Waals surface area contributed by atoms with E-state index >= 15 is 0 Å². The van der Waals surface area contributed by atoms with Gasteiger partial charge in [0.1, 0.15) is 19.3 Å². The maximum Gasteiger partial charge on any atom is 0.472 e. The third kappa shape index (κ3) is 79.0. The van der Waals surface area contributed by atoms with E-state index < -0.39 is 97.5 Å². The van der Waals surface area contributed by atoms with E-state index in [0.717, 1.165) is 154 Å². The molecule has 0 radical (unpaired) electrons. The highest BCUT2D eigenvalue weighted by molar-refractivity contribution is 7.47. The number of phosphoric ester groups is 2. The highest BCUT2D eigenvalue weighted by Crippen LogP contribution is 2.45. The summed E-state index contributed by atoms with van der Waals surface area (Å²) in [5.41, 5.74) is 0. The molecule has 0 aromatic heterocycles. The van der Waals surface area contributed by atoms with Crippen LogP contribution in [0, 0.1) is 0 Å². The smallest absolute Gasteiger partial charge is 0.462 e. The van der Waals surface area contributed by atoms with Gasteiger partial charge in [-0.3, -0.25) is 37.3 Å². The number of allylic oxidation sites excluding steroid dienone is 39. The van der Waals surface area contributed by atoms with Crippen molar-refractivity contribution < 1.29 is 80.2 Å². The number of hydrogen-bond acceptors (Lipinski definition) is 15. The Hall–Kier alpha value is -7.14. The summed E-state index contributed by atoms with van der Waals surface area (Å²) in [6.07, 6.45) is 105. The molecule has 0 rings (SSSR count). The van der Waals surface area contributed by atoms with E-state index in [1.165, 1.54) is 0 Å². The number of phosphoric acid groups is 2. The van der Waals surface area contributed by atoms with Crippen LogP contribution in [0.15, 0.2) is 243 Å². The molecule has 0 bridgehead atoms. The molecule has 0 saturated heterocycles. The van der Waals surface area contributed by atoms with Gasteiger partial charge in [-0.1, -0.05) is 303 Å². The number of carbonyl (C=O) groups is 4. The molecule has 0 heterocycles. The summed E-state index contributed by atoms with van der Waals surface area (Å²) >= 11 is 0. The van der Waals surface area contributed by atoms with E-state index in [0.29, 0.717) is 38.5 Å². The first-order valence-electron chi connectivity index (χ1n) is 40.3. The summed E-state index contributed by atoms with van der Waals surface area (Å²) in [5, 5.41) is 10.6. The zero-order valence-corrected chi connectivity index (χ0v) is 68.9. The number of aliphatic hydroxyl groups excluding tert-OH is 1. The van der Waals surface area contributed by atoms with Crippen LogP contribution >= 0.6 is 15.6 Å². The molecule has 19 heteroatoms. The molecule has 0 aliphatic rings. The van der Waals surface area contributed by atoms with Crippen LogP contribution in [0.1, 0.15) is 246 Å².